The van der Waals surface area contributed by atoms with Crippen LogP contribution in [0.15, 0.2) is 16.0 Å². The van der Waals surface area contributed by atoms with Crippen LogP contribution in [0.4, 0.5) is 24.0 Å². The Morgan fingerprint density at radius 2 is 1.75 bits per heavy atom. The lowest BCUT2D eigenvalue weighted by Gasteiger charge is -2.03. The van der Waals surface area contributed by atoms with E-state index in [1.54, 1.807) is 0 Å². The number of hydrogen-bond donors (Lipinski definition) is 1. The maximum Gasteiger partial charge on any atom is 0.210 e. The second-order valence-corrected chi connectivity index (χ2v) is 4.99. The van der Waals surface area contributed by atoms with Crippen LogP contribution in [0.5, 0.6) is 0 Å². The third kappa shape index (κ3) is 2.33. The summed E-state index contributed by atoms with van der Waals surface area (Å²) in [5.41, 5.74) is 0.0695. The van der Waals surface area contributed by atoms with Gasteiger partial charge in [0.2, 0.25) is 5.13 Å². The normalized spacial score (nSPS) is 10.5. The van der Waals surface area contributed by atoms with E-state index in [0.29, 0.717) is 9.05 Å². The van der Waals surface area contributed by atoms with Gasteiger partial charge in [-0.1, -0.05) is 11.3 Å². The fourth-order valence-corrected chi connectivity index (χ4v) is 2.04. The van der Waals surface area contributed by atoms with Crippen LogP contribution in [0.2, 0.25) is 0 Å². The van der Waals surface area contributed by atoms with E-state index in [1.165, 1.54) is 0 Å². The van der Waals surface area contributed by atoms with Crippen LogP contribution in [0.1, 0.15) is 0 Å². The van der Waals surface area contributed by atoms with Gasteiger partial charge in [0.1, 0.15) is 0 Å². The van der Waals surface area contributed by atoms with E-state index in [9.17, 15) is 13.2 Å². The van der Waals surface area contributed by atoms with Gasteiger partial charge in [0.25, 0.3) is 0 Å². The molecule has 8 heteroatoms. The van der Waals surface area contributed by atoms with Crippen LogP contribution < -0.4 is 5.32 Å². The minimum atomic E-state index is -1.50. The molecule has 0 saturated carbocycles. The molecule has 1 N–H and O–H groups in total. The minimum Gasteiger partial charge on any atom is -0.330 e. The molecule has 0 amide bonds. The van der Waals surface area contributed by atoms with Gasteiger partial charge in [0.15, 0.2) is 21.4 Å². The van der Waals surface area contributed by atoms with Crippen LogP contribution in [-0.2, 0) is 0 Å². The van der Waals surface area contributed by atoms with E-state index in [1.807, 2.05) is 0 Å². The summed E-state index contributed by atoms with van der Waals surface area (Å²) in [4.78, 5) is 0. The van der Waals surface area contributed by atoms with Crippen molar-refractivity contribution in [3.63, 3.8) is 0 Å². The molecule has 84 valence electrons. The Morgan fingerprint density at radius 1 is 1.12 bits per heavy atom. The van der Waals surface area contributed by atoms with Crippen molar-refractivity contribution < 1.29 is 13.2 Å². The summed E-state index contributed by atoms with van der Waals surface area (Å²) in [6.45, 7) is 0. The molecule has 1 heterocycles. The highest BCUT2D eigenvalue weighted by molar-refractivity contribution is 9.11. The lowest BCUT2D eigenvalue weighted by Crippen LogP contribution is -1.95. The summed E-state index contributed by atoms with van der Waals surface area (Å²) in [5.74, 6) is -4.01. The van der Waals surface area contributed by atoms with Crippen molar-refractivity contribution in [2.24, 2.45) is 0 Å². The highest BCUT2D eigenvalue weighted by Crippen LogP contribution is 2.25. The van der Waals surface area contributed by atoms with Crippen molar-refractivity contribution in [1.29, 1.82) is 0 Å². The van der Waals surface area contributed by atoms with E-state index in [-0.39, 0.29) is 5.69 Å². The topological polar surface area (TPSA) is 37.8 Å². The molecule has 0 radical (unpaired) electrons. The quantitative estimate of drug-likeness (QED) is 0.863. The average molecular weight is 310 g/mol. The Hall–Kier alpha value is -1.15. The van der Waals surface area contributed by atoms with Crippen molar-refractivity contribution >= 4 is 38.1 Å². The molecule has 0 unspecified atom stereocenters. The van der Waals surface area contributed by atoms with E-state index in [4.69, 9.17) is 0 Å². The van der Waals surface area contributed by atoms with Gasteiger partial charge in [-0.25, -0.2) is 13.2 Å². The Bertz CT molecular complexity index is 508. The monoisotopic (exact) mass is 309 g/mol. The smallest absolute Gasteiger partial charge is 0.210 e. The number of nitrogens with zero attached hydrogens (tertiary/aromatic N) is 2. The molecule has 2 aromatic rings. The SMILES string of the molecule is Fc1cc(Nc2nnc(Br)s2)cc(F)c1F. The summed E-state index contributed by atoms with van der Waals surface area (Å²) >= 11 is 4.23. The molecule has 0 bridgehead atoms. The number of benzene rings is 1. The standard InChI is InChI=1S/C8H3BrF3N3S/c9-7-14-15-8(16-7)13-3-1-4(10)6(12)5(11)2-3/h1-2H,(H,13,15). The molecule has 0 aliphatic carbocycles. The second kappa shape index (κ2) is 4.38. The van der Waals surface area contributed by atoms with Crippen LogP contribution in [0, 0.1) is 17.5 Å². The van der Waals surface area contributed by atoms with Gasteiger partial charge < -0.3 is 5.32 Å². The third-order valence-corrected chi connectivity index (χ3v) is 2.91. The predicted molar refractivity (Wildman–Crippen MR) is 57.2 cm³/mol. The van der Waals surface area contributed by atoms with Gasteiger partial charge in [-0.2, -0.15) is 0 Å². The molecule has 2 rings (SSSR count). The van der Waals surface area contributed by atoms with E-state index >= 15 is 0 Å². The molecule has 0 spiro atoms. The van der Waals surface area contributed by atoms with E-state index < -0.39 is 17.5 Å². The van der Waals surface area contributed by atoms with Gasteiger partial charge in [-0.05, 0) is 15.9 Å². The zero-order chi connectivity index (χ0) is 11.7. The first-order valence-electron chi connectivity index (χ1n) is 3.97. The lowest BCUT2D eigenvalue weighted by atomic mass is 10.3. The summed E-state index contributed by atoms with van der Waals surface area (Å²) < 4.78 is 38.9. The minimum absolute atomic E-state index is 0.0695. The van der Waals surface area contributed by atoms with Gasteiger partial charge in [-0.15, -0.1) is 10.2 Å². The summed E-state index contributed by atoms with van der Waals surface area (Å²) in [7, 11) is 0. The first-order chi connectivity index (χ1) is 7.56. The number of nitrogens with one attached hydrogen (secondary N) is 1. The molecule has 0 atom stereocenters. The fourth-order valence-electron chi connectivity index (χ4n) is 1.01. The largest absolute Gasteiger partial charge is 0.330 e. The van der Waals surface area contributed by atoms with Gasteiger partial charge >= 0.3 is 0 Å². The molecule has 0 aliphatic rings. The molecule has 3 nitrogen and oxygen atoms in total. The van der Waals surface area contributed by atoms with Crippen LogP contribution in [-0.4, -0.2) is 10.2 Å². The van der Waals surface area contributed by atoms with Crippen molar-refractivity contribution in [1.82, 2.24) is 10.2 Å². The maximum atomic E-state index is 12.9. The highest BCUT2D eigenvalue weighted by Gasteiger charge is 2.11. The van der Waals surface area contributed by atoms with Gasteiger partial charge in [0, 0.05) is 17.8 Å². The number of hydrogen-bond acceptors (Lipinski definition) is 4. The predicted octanol–water partition coefficient (Wildman–Crippen LogP) is 3.46. The van der Waals surface area contributed by atoms with Crippen molar-refractivity contribution in [3.8, 4) is 0 Å². The Labute approximate surface area is 100 Å². The molecule has 0 fully saturated rings. The number of aromatic nitrogens is 2. The Morgan fingerprint density at radius 3 is 2.25 bits per heavy atom. The molecular formula is C8H3BrF3N3S. The first kappa shape index (κ1) is 11.3. The first-order valence-corrected chi connectivity index (χ1v) is 5.58. The summed E-state index contributed by atoms with van der Waals surface area (Å²) in [6, 6.07) is 1.68. The Balaban J connectivity index is 2.28. The van der Waals surface area contributed by atoms with Crippen LogP contribution in [0.3, 0.4) is 0 Å². The maximum absolute atomic E-state index is 12.9. The molecule has 0 aliphatic heterocycles. The second-order valence-electron chi connectivity index (χ2n) is 2.74. The van der Waals surface area contributed by atoms with Crippen molar-refractivity contribution in [2.75, 3.05) is 5.32 Å². The lowest BCUT2D eigenvalue weighted by molar-refractivity contribution is 0.448. The Kier molecular flexibility index (Phi) is 3.10. The number of anilines is 2. The summed E-state index contributed by atoms with van der Waals surface area (Å²) in [5, 5.41) is 10.2. The van der Waals surface area contributed by atoms with Crippen LogP contribution >= 0.6 is 27.3 Å². The fraction of sp³-hybridized carbons (Fsp3) is 0. The average Bonchev–Trinajstić information content (AvgIpc) is 2.60. The van der Waals surface area contributed by atoms with Crippen molar-refractivity contribution in [2.45, 2.75) is 0 Å². The molecule has 0 saturated heterocycles. The zero-order valence-corrected chi connectivity index (χ0v) is 9.87. The van der Waals surface area contributed by atoms with Gasteiger partial charge in [-0.3, -0.25) is 0 Å². The van der Waals surface area contributed by atoms with Gasteiger partial charge in [0.05, 0.1) is 0 Å². The van der Waals surface area contributed by atoms with E-state index in [0.717, 1.165) is 23.5 Å². The number of halogens is 4. The number of rotatable bonds is 2. The third-order valence-electron chi connectivity index (χ3n) is 1.64. The van der Waals surface area contributed by atoms with Crippen molar-refractivity contribution in [3.05, 3.63) is 33.5 Å². The molecule has 1 aromatic heterocycles. The highest BCUT2D eigenvalue weighted by atomic mass is 79.9. The molecule has 1 aromatic carbocycles. The zero-order valence-electron chi connectivity index (χ0n) is 7.47. The summed E-state index contributed by atoms with van der Waals surface area (Å²) in [6.07, 6.45) is 0. The van der Waals surface area contributed by atoms with Crippen LogP contribution in [0.25, 0.3) is 0 Å². The molecule has 16 heavy (non-hydrogen) atoms. The molecular weight excluding hydrogens is 307 g/mol. The van der Waals surface area contributed by atoms with E-state index in [2.05, 4.69) is 31.4 Å².